The number of aliphatic hydroxyl groups is 1. The Labute approximate surface area is 185 Å². The molecule has 1 fully saturated rings. The Hall–Kier alpha value is -3.78. The molecule has 1 aliphatic rings. The number of benzene rings is 3. The van der Waals surface area contributed by atoms with E-state index in [1.165, 1.54) is 29.2 Å². The summed E-state index contributed by atoms with van der Waals surface area (Å²) < 4.78 is 0.706. The van der Waals surface area contributed by atoms with Crippen LogP contribution in [0.2, 0.25) is 0 Å². The van der Waals surface area contributed by atoms with Gasteiger partial charge in [-0.1, -0.05) is 52.3 Å². The molecule has 3 aromatic rings. The summed E-state index contributed by atoms with van der Waals surface area (Å²) >= 11 is 3.37. The number of non-ortho nitro benzene ring substituents is 1. The lowest BCUT2D eigenvalue weighted by molar-refractivity contribution is -0.384. The maximum atomic E-state index is 13.0. The van der Waals surface area contributed by atoms with Gasteiger partial charge in [0.25, 0.3) is 17.4 Å². The molecule has 1 saturated heterocycles. The molecule has 1 heterocycles. The van der Waals surface area contributed by atoms with Gasteiger partial charge in [0.15, 0.2) is 0 Å². The van der Waals surface area contributed by atoms with Crippen molar-refractivity contribution >= 4 is 44.8 Å². The first-order valence-corrected chi connectivity index (χ1v) is 10.0. The Morgan fingerprint density at radius 2 is 1.65 bits per heavy atom. The van der Waals surface area contributed by atoms with Crippen molar-refractivity contribution in [3.63, 3.8) is 0 Å². The van der Waals surface area contributed by atoms with E-state index in [9.17, 15) is 24.8 Å². The van der Waals surface area contributed by atoms with E-state index in [2.05, 4.69) is 15.9 Å². The summed E-state index contributed by atoms with van der Waals surface area (Å²) in [7, 11) is 0. The van der Waals surface area contributed by atoms with Gasteiger partial charge in [-0.2, -0.15) is 0 Å². The van der Waals surface area contributed by atoms with Gasteiger partial charge in [-0.25, -0.2) is 0 Å². The minimum absolute atomic E-state index is 0.0787. The van der Waals surface area contributed by atoms with Crippen LogP contribution in [0.4, 0.5) is 11.4 Å². The van der Waals surface area contributed by atoms with E-state index < -0.39 is 22.7 Å². The second-order valence-corrected chi connectivity index (χ2v) is 7.78. The van der Waals surface area contributed by atoms with Gasteiger partial charge in [0.1, 0.15) is 5.76 Å². The third-order valence-electron chi connectivity index (χ3n) is 5.00. The Kier molecular flexibility index (Phi) is 5.39. The van der Waals surface area contributed by atoms with Crippen LogP contribution in [0.3, 0.4) is 0 Å². The number of anilines is 1. The molecule has 1 atom stereocenters. The van der Waals surface area contributed by atoms with Gasteiger partial charge < -0.3 is 5.11 Å². The fourth-order valence-electron chi connectivity index (χ4n) is 3.57. The van der Waals surface area contributed by atoms with Gasteiger partial charge >= 0.3 is 0 Å². The van der Waals surface area contributed by atoms with Crippen LogP contribution in [0.25, 0.3) is 5.76 Å². The topological polar surface area (TPSA) is 101 Å². The summed E-state index contributed by atoms with van der Waals surface area (Å²) in [4.78, 5) is 37.9. The van der Waals surface area contributed by atoms with E-state index in [1.807, 2.05) is 0 Å². The van der Waals surface area contributed by atoms with Crippen molar-refractivity contribution in [3.8, 4) is 0 Å². The van der Waals surface area contributed by atoms with Crippen LogP contribution < -0.4 is 4.90 Å². The second kappa shape index (κ2) is 8.16. The molecule has 3 aromatic carbocycles. The molecule has 154 valence electrons. The highest BCUT2D eigenvalue weighted by atomic mass is 79.9. The highest BCUT2D eigenvalue weighted by molar-refractivity contribution is 9.10. The van der Waals surface area contributed by atoms with E-state index in [4.69, 9.17) is 0 Å². The largest absolute Gasteiger partial charge is 0.507 e. The smallest absolute Gasteiger partial charge is 0.300 e. The van der Waals surface area contributed by atoms with Crippen molar-refractivity contribution in [2.45, 2.75) is 6.04 Å². The molecular weight excluding hydrogens is 464 g/mol. The first-order valence-electron chi connectivity index (χ1n) is 9.25. The number of amides is 1. The SMILES string of the molecule is O=C1C(=O)N(c2cccc(Br)c2)[C@@H](c2ccc([N+](=O)[O-])cc2)/C1=C(/O)c1ccccc1. The van der Waals surface area contributed by atoms with Gasteiger partial charge in [-0.3, -0.25) is 24.6 Å². The molecule has 1 amide bonds. The molecule has 31 heavy (non-hydrogen) atoms. The first-order chi connectivity index (χ1) is 14.9. The quantitative estimate of drug-likeness (QED) is 0.187. The molecule has 1 N–H and O–H groups in total. The standard InChI is InChI=1S/C23H15BrN2O5/c24-16-7-4-8-18(13-16)25-20(14-9-11-17(12-10-14)26(30)31)19(22(28)23(25)29)21(27)15-5-2-1-3-6-15/h1-13,20,27H/b21-19-/t20-/m0/s1. The van der Waals surface area contributed by atoms with Crippen molar-refractivity contribution in [1.29, 1.82) is 0 Å². The van der Waals surface area contributed by atoms with Crippen LogP contribution in [0, 0.1) is 10.1 Å². The molecule has 0 saturated carbocycles. The van der Waals surface area contributed by atoms with Gasteiger partial charge in [0.2, 0.25) is 0 Å². The van der Waals surface area contributed by atoms with Gasteiger partial charge in [0.05, 0.1) is 16.5 Å². The summed E-state index contributed by atoms with van der Waals surface area (Å²) in [6.07, 6.45) is 0. The molecular formula is C23H15BrN2O5. The van der Waals surface area contributed by atoms with E-state index in [0.717, 1.165) is 0 Å². The van der Waals surface area contributed by atoms with Crippen molar-refractivity contribution in [3.05, 3.63) is 110 Å². The highest BCUT2D eigenvalue weighted by Crippen LogP contribution is 2.42. The highest BCUT2D eigenvalue weighted by Gasteiger charge is 2.47. The predicted octanol–water partition coefficient (Wildman–Crippen LogP) is 4.98. The Morgan fingerprint density at radius 1 is 0.968 bits per heavy atom. The summed E-state index contributed by atoms with van der Waals surface area (Å²) in [5, 5.41) is 22.0. The molecule has 4 rings (SSSR count). The number of hydrogen-bond acceptors (Lipinski definition) is 5. The molecule has 0 bridgehead atoms. The zero-order valence-corrected chi connectivity index (χ0v) is 17.5. The number of carbonyl (C=O) groups is 2. The number of halogens is 1. The van der Waals surface area contributed by atoms with E-state index in [0.29, 0.717) is 21.3 Å². The molecule has 1 aliphatic heterocycles. The molecule has 8 heteroatoms. The van der Waals surface area contributed by atoms with Gasteiger partial charge in [0, 0.05) is 27.9 Å². The maximum absolute atomic E-state index is 13.0. The molecule has 0 aliphatic carbocycles. The van der Waals surface area contributed by atoms with Crippen LogP contribution in [0.5, 0.6) is 0 Å². The summed E-state index contributed by atoms with van der Waals surface area (Å²) in [5.41, 5.74) is 1.10. The lowest BCUT2D eigenvalue weighted by Crippen LogP contribution is -2.29. The van der Waals surface area contributed by atoms with Crippen LogP contribution in [-0.2, 0) is 9.59 Å². The molecule has 0 aromatic heterocycles. The lowest BCUT2D eigenvalue weighted by Gasteiger charge is -2.25. The van der Waals surface area contributed by atoms with E-state index >= 15 is 0 Å². The van der Waals surface area contributed by atoms with Gasteiger partial charge in [-0.15, -0.1) is 0 Å². The fraction of sp³-hybridized carbons (Fsp3) is 0.0435. The van der Waals surface area contributed by atoms with Crippen LogP contribution in [-0.4, -0.2) is 21.7 Å². The number of hydrogen-bond donors (Lipinski definition) is 1. The molecule has 0 unspecified atom stereocenters. The summed E-state index contributed by atoms with van der Waals surface area (Å²) in [5.74, 6) is -1.93. The first kappa shape index (κ1) is 20.5. The van der Waals surface area contributed by atoms with Crippen molar-refractivity contribution in [2.75, 3.05) is 4.90 Å². The normalized spacial score (nSPS) is 17.7. The Bertz CT molecular complexity index is 1220. The number of Topliss-reactive ketones (excluding diaryl/α,β-unsaturated/α-hetero) is 1. The Morgan fingerprint density at radius 3 is 2.26 bits per heavy atom. The monoisotopic (exact) mass is 478 g/mol. The summed E-state index contributed by atoms with van der Waals surface area (Å²) in [6.45, 7) is 0. The zero-order valence-electron chi connectivity index (χ0n) is 15.9. The predicted molar refractivity (Wildman–Crippen MR) is 118 cm³/mol. The maximum Gasteiger partial charge on any atom is 0.300 e. The number of nitro groups is 1. The average Bonchev–Trinajstić information content (AvgIpc) is 3.04. The van der Waals surface area contributed by atoms with Crippen LogP contribution in [0.15, 0.2) is 88.9 Å². The van der Waals surface area contributed by atoms with Crippen LogP contribution in [0.1, 0.15) is 17.2 Å². The third kappa shape index (κ3) is 3.73. The van der Waals surface area contributed by atoms with Crippen LogP contribution >= 0.6 is 15.9 Å². The van der Waals surface area contributed by atoms with Crippen molar-refractivity contribution in [2.24, 2.45) is 0 Å². The van der Waals surface area contributed by atoms with E-state index in [1.54, 1.807) is 54.6 Å². The number of aliphatic hydroxyl groups excluding tert-OH is 1. The minimum Gasteiger partial charge on any atom is -0.507 e. The third-order valence-corrected chi connectivity index (χ3v) is 5.49. The van der Waals surface area contributed by atoms with Crippen molar-refractivity contribution < 1.29 is 19.6 Å². The lowest BCUT2D eigenvalue weighted by atomic mass is 9.95. The van der Waals surface area contributed by atoms with Crippen molar-refractivity contribution in [1.82, 2.24) is 0 Å². The van der Waals surface area contributed by atoms with Gasteiger partial charge in [-0.05, 0) is 35.9 Å². The van der Waals surface area contributed by atoms with E-state index in [-0.39, 0.29) is 17.0 Å². The molecule has 7 nitrogen and oxygen atoms in total. The number of carbonyl (C=O) groups excluding carboxylic acids is 2. The minimum atomic E-state index is -0.949. The average molecular weight is 479 g/mol. The number of ketones is 1. The fourth-order valence-corrected chi connectivity index (χ4v) is 3.96. The molecule has 0 spiro atoms. The summed E-state index contributed by atoms with van der Waals surface area (Å²) in [6, 6.07) is 20.0. The number of nitrogens with zero attached hydrogens (tertiary/aromatic N) is 2. The number of nitro benzene ring substituents is 1. The number of rotatable bonds is 4. The molecule has 0 radical (unpaired) electrons. The zero-order chi connectivity index (χ0) is 22.1. The second-order valence-electron chi connectivity index (χ2n) is 6.86. The Balaban J connectivity index is 1.94.